The second-order valence-electron chi connectivity index (χ2n) is 5.44. The molecule has 0 amide bonds. The van der Waals surface area contributed by atoms with E-state index >= 15 is 0 Å². The molecule has 0 bridgehead atoms. The number of aromatic nitrogens is 3. The van der Waals surface area contributed by atoms with Crippen LogP contribution in [0.15, 0.2) is 23.2 Å². The van der Waals surface area contributed by atoms with Gasteiger partial charge in [-0.1, -0.05) is 19.8 Å². The van der Waals surface area contributed by atoms with Crippen molar-refractivity contribution in [3.05, 3.63) is 23.2 Å². The minimum Gasteiger partial charge on any atom is -0.366 e. The maximum absolute atomic E-state index is 4.49. The zero-order valence-electron chi connectivity index (χ0n) is 10.5. The molecule has 2 aromatic heterocycles. The molecule has 1 aliphatic rings. The highest BCUT2D eigenvalue weighted by Gasteiger charge is 2.28. The number of rotatable bonds is 3. The van der Waals surface area contributed by atoms with Crippen molar-refractivity contribution in [3.63, 3.8) is 0 Å². The predicted molar refractivity (Wildman–Crippen MR) is 75.8 cm³/mol. The molecule has 4 nitrogen and oxygen atoms in total. The molecule has 2 heterocycles. The first-order valence-corrected chi connectivity index (χ1v) is 7.19. The van der Waals surface area contributed by atoms with Gasteiger partial charge < -0.3 is 9.72 Å². The molecule has 5 heteroatoms. The smallest absolute Gasteiger partial charge is 0.180 e. The Kier molecular flexibility index (Phi) is 3.01. The summed E-state index contributed by atoms with van der Waals surface area (Å²) in [6.45, 7) is 3.33. The monoisotopic (exact) mass is 308 g/mol. The normalized spacial score (nSPS) is 18.3. The van der Waals surface area contributed by atoms with Crippen LogP contribution < -0.4 is 5.32 Å². The molecule has 0 aliphatic heterocycles. The zero-order valence-corrected chi connectivity index (χ0v) is 12.1. The zero-order chi connectivity index (χ0) is 12.6. The molecule has 0 saturated heterocycles. The molecule has 18 heavy (non-hydrogen) atoms. The van der Waals surface area contributed by atoms with Gasteiger partial charge in [-0.25, -0.2) is 9.97 Å². The number of hydrogen-bond acceptors (Lipinski definition) is 3. The van der Waals surface area contributed by atoms with E-state index in [1.807, 2.05) is 16.8 Å². The Morgan fingerprint density at radius 1 is 1.44 bits per heavy atom. The van der Waals surface area contributed by atoms with Gasteiger partial charge in [0.05, 0.1) is 0 Å². The van der Waals surface area contributed by atoms with Crippen LogP contribution in [0.1, 0.15) is 32.6 Å². The fourth-order valence-electron chi connectivity index (χ4n) is 2.72. The van der Waals surface area contributed by atoms with Crippen LogP contribution in [-0.2, 0) is 0 Å². The van der Waals surface area contributed by atoms with Crippen molar-refractivity contribution in [2.75, 3.05) is 11.9 Å². The molecule has 1 aliphatic carbocycles. The van der Waals surface area contributed by atoms with Gasteiger partial charge in [-0.3, -0.25) is 0 Å². The van der Waals surface area contributed by atoms with Crippen LogP contribution in [-0.4, -0.2) is 20.9 Å². The first-order chi connectivity index (χ1) is 8.66. The van der Waals surface area contributed by atoms with Crippen LogP contribution in [0.5, 0.6) is 0 Å². The average molecular weight is 309 g/mol. The minimum absolute atomic E-state index is 0.410. The van der Waals surface area contributed by atoms with Crippen LogP contribution in [0.3, 0.4) is 0 Å². The summed E-state index contributed by atoms with van der Waals surface area (Å²) in [7, 11) is 0. The standard InChI is InChI=1S/C13H17BrN4/c1-13(4-2-3-5-13)9-16-11-12-15-6-7-18(12)8-10(14)17-11/h6-8H,2-5,9H2,1H3,(H,16,17). The second-order valence-corrected chi connectivity index (χ2v) is 6.25. The van der Waals surface area contributed by atoms with Gasteiger partial charge in [-0.15, -0.1) is 0 Å². The first kappa shape index (κ1) is 12.0. The maximum Gasteiger partial charge on any atom is 0.180 e. The molecule has 0 radical (unpaired) electrons. The van der Waals surface area contributed by atoms with Gasteiger partial charge >= 0.3 is 0 Å². The highest BCUT2D eigenvalue weighted by molar-refractivity contribution is 9.10. The third kappa shape index (κ3) is 2.23. The fourth-order valence-corrected chi connectivity index (χ4v) is 3.12. The molecule has 0 spiro atoms. The Labute approximate surface area is 115 Å². The highest BCUT2D eigenvalue weighted by Crippen LogP contribution is 2.37. The quantitative estimate of drug-likeness (QED) is 0.944. The molecule has 1 N–H and O–H groups in total. The second kappa shape index (κ2) is 4.53. The van der Waals surface area contributed by atoms with Crippen LogP contribution in [0, 0.1) is 5.41 Å². The van der Waals surface area contributed by atoms with E-state index in [0.29, 0.717) is 5.41 Å². The minimum atomic E-state index is 0.410. The van der Waals surface area contributed by atoms with Gasteiger partial charge in [0.1, 0.15) is 4.60 Å². The Bertz CT molecular complexity index is 557. The summed E-state index contributed by atoms with van der Waals surface area (Å²) in [4.78, 5) is 8.83. The summed E-state index contributed by atoms with van der Waals surface area (Å²) in [5.74, 6) is 0.863. The molecular weight excluding hydrogens is 292 g/mol. The molecule has 0 unspecified atom stereocenters. The Morgan fingerprint density at radius 3 is 3.00 bits per heavy atom. The molecule has 1 saturated carbocycles. The van der Waals surface area contributed by atoms with E-state index < -0.39 is 0 Å². The predicted octanol–water partition coefficient (Wildman–Crippen LogP) is 3.48. The third-order valence-corrected chi connectivity index (χ3v) is 4.22. The first-order valence-electron chi connectivity index (χ1n) is 6.39. The highest BCUT2D eigenvalue weighted by atomic mass is 79.9. The van der Waals surface area contributed by atoms with Crippen molar-refractivity contribution in [1.82, 2.24) is 14.4 Å². The third-order valence-electron chi connectivity index (χ3n) is 3.84. The number of nitrogens with one attached hydrogen (secondary N) is 1. The van der Waals surface area contributed by atoms with Crippen LogP contribution in [0.4, 0.5) is 5.82 Å². The Hall–Kier alpha value is -1.10. The van der Waals surface area contributed by atoms with Crippen molar-refractivity contribution in [2.24, 2.45) is 5.41 Å². The van der Waals surface area contributed by atoms with E-state index in [1.54, 1.807) is 6.20 Å². The lowest BCUT2D eigenvalue weighted by Crippen LogP contribution is -2.23. The number of imidazole rings is 1. The number of anilines is 1. The van der Waals surface area contributed by atoms with Gasteiger partial charge in [0.15, 0.2) is 11.5 Å². The van der Waals surface area contributed by atoms with E-state index in [4.69, 9.17) is 0 Å². The molecule has 2 aromatic rings. The van der Waals surface area contributed by atoms with Crippen molar-refractivity contribution < 1.29 is 0 Å². The SMILES string of the molecule is CC1(CNc2nc(Br)cn3ccnc23)CCCC1. The van der Waals surface area contributed by atoms with Crippen LogP contribution in [0.25, 0.3) is 5.65 Å². The van der Waals surface area contributed by atoms with Crippen LogP contribution in [0.2, 0.25) is 0 Å². The van der Waals surface area contributed by atoms with Gasteiger partial charge in [0.2, 0.25) is 0 Å². The summed E-state index contributed by atoms with van der Waals surface area (Å²) in [5.41, 5.74) is 1.30. The molecular formula is C13H17BrN4. The molecule has 96 valence electrons. The molecule has 0 atom stereocenters. The van der Waals surface area contributed by atoms with Crippen molar-refractivity contribution >= 4 is 27.4 Å². The number of nitrogens with zero attached hydrogens (tertiary/aromatic N) is 3. The summed E-state index contributed by atoms with van der Waals surface area (Å²) in [5, 5.41) is 3.47. The Morgan fingerprint density at radius 2 is 2.22 bits per heavy atom. The largest absolute Gasteiger partial charge is 0.366 e. The molecule has 3 rings (SSSR count). The van der Waals surface area contributed by atoms with Gasteiger partial charge in [0.25, 0.3) is 0 Å². The molecule has 1 fully saturated rings. The molecule has 0 aromatic carbocycles. The van der Waals surface area contributed by atoms with Crippen molar-refractivity contribution in [3.8, 4) is 0 Å². The topological polar surface area (TPSA) is 42.2 Å². The average Bonchev–Trinajstić information content (AvgIpc) is 2.95. The van der Waals surface area contributed by atoms with E-state index in [1.165, 1.54) is 25.7 Å². The maximum atomic E-state index is 4.49. The summed E-state index contributed by atoms with van der Waals surface area (Å²) in [6, 6.07) is 0. The van der Waals surface area contributed by atoms with Gasteiger partial charge in [-0.05, 0) is 34.2 Å². The van der Waals surface area contributed by atoms with Gasteiger partial charge in [-0.2, -0.15) is 0 Å². The lowest BCUT2D eigenvalue weighted by atomic mass is 9.89. The van der Waals surface area contributed by atoms with E-state index in [0.717, 1.165) is 22.6 Å². The number of halogens is 1. The lowest BCUT2D eigenvalue weighted by Gasteiger charge is -2.24. The fraction of sp³-hybridized carbons (Fsp3) is 0.538. The Balaban J connectivity index is 1.83. The van der Waals surface area contributed by atoms with Crippen molar-refractivity contribution in [2.45, 2.75) is 32.6 Å². The lowest BCUT2D eigenvalue weighted by molar-refractivity contribution is 0.361. The van der Waals surface area contributed by atoms with E-state index in [2.05, 4.69) is 38.1 Å². The summed E-state index contributed by atoms with van der Waals surface area (Å²) in [6.07, 6.45) is 11.0. The van der Waals surface area contributed by atoms with Gasteiger partial charge in [0, 0.05) is 25.1 Å². The van der Waals surface area contributed by atoms with Crippen molar-refractivity contribution in [1.29, 1.82) is 0 Å². The van der Waals surface area contributed by atoms with Crippen LogP contribution >= 0.6 is 15.9 Å². The number of hydrogen-bond donors (Lipinski definition) is 1. The summed E-state index contributed by atoms with van der Waals surface area (Å²) >= 11 is 3.44. The summed E-state index contributed by atoms with van der Waals surface area (Å²) < 4.78 is 2.81. The van der Waals surface area contributed by atoms with E-state index in [9.17, 15) is 0 Å². The van der Waals surface area contributed by atoms with E-state index in [-0.39, 0.29) is 0 Å². The number of fused-ring (bicyclic) bond motifs is 1.